The maximum Gasteiger partial charge on any atom is 0.0244 e. The summed E-state index contributed by atoms with van der Waals surface area (Å²) in [5.74, 6) is 2.71. The molecule has 2 saturated heterocycles. The second-order valence-corrected chi connectivity index (χ2v) is 7.54. The molecule has 0 radical (unpaired) electrons. The van der Waals surface area contributed by atoms with Crippen LogP contribution in [-0.2, 0) is 0 Å². The molecule has 2 aliphatic heterocycles. The van der Waals surface area contributed by atoms with Crippen LogP contribution in [0.15, 0.2) is 0 Å². The molecule has 2 aliphatic rings. The van der Waals surface area contributed by atoms with Gasteiger partial charge in [0.15, 0.2) is 0 Å². The number of thioether (sulfide) groups is 1. The average molecular weight is 242 g/mol. The Morgan fingerprint density at radius 3 is 2.62 bits per heavy atom. The number of nitrogens with one attached hydrogen (secondary N) is 1. The molecule has 0 amide bonds. The fourth-order valence-corrected chi connectivity index (χ4v) is 3.99. The number of rotatable bonds is 1. The highest BCUT2D eigenvalue weighted by Crippen LogP contribution is 2.29. The van der Waals surface area contributed by atoms with Crippen LogP contribution in [-0.4, -0.2) is 47.6 Å². The topological polar surface area (TPSA) is 15.3 Å². The molecule has 1 N–H and O–H groups in total. The minimum Gasteiger partial charge on any atom is -0.311 e. The van der Waals surface area contributed by atoms with Crippen molar-refractivity contribution in [2.24, 2.45) is 5.41 Å². The van der Waals surface area contributed by atoms with E-state index in [2.05, 4.69) is 49.7 Å². The van der Waals surface area contributed by atoms with E-state index in [9.17, 15) is 0 Å². The van der Waals surface area contributed by atoms with Crippen LogP contribution in [0, 0.1) is 5.41 Å². The quantitative estimate of drug-likeness (QED) is 0.759. The third-order valence-corrected chi connectivity index (χ3v) is 5.18. The molecule has 0 aromatic carbocycles. The van der Waals surface area contributed by atoms with Crippen LogP contribution in [0.25, 0.3) is 0 Å². The van der Waals surface area contributed by atoms with E-state index in [1.54, 1.807) is 0 Å². The van der Waals surface area contributed by atoms with Gasteiger partial charge in [0.2, 0.25) is 0 Å². The van der Waals surface area contributed by atoms with Crippen LogP contribution < -0.4 is 5.32 Å². The first kappa shape index (κ1) is 12.7. The predicted octanol–water partition coefficient (Wildman–Crippen LogP) is 2.20. The zero-order valence-corrected chi connectivity index (χ0v) is 11.9. The van der Waals surface area contributed by atoms with Crippen LogP contribution in [0.1, 0.15) is 34.1 Å². The normalized spacial score (nSPS) is 37.9. The molecule has 0 aromatic rings. The Labute approximate surface area is 105 Å². The van der Waals surface area contributed by atoms with Crippen molar-refractivity contribution in [1.29, 1.82) is 0 Å². The molecule has 3 unspecified atom stereocenters. The van der Waals surface area contributed by atoms with Gasteiger partial charge in [-0.2, -0.15) is 11.8 Å². The largest absolute Gasteiger partial charge is 0.311 e. The van der Waals surface area contributed by atoms with Gasteiger partial charge in [0, 0.05) is 37.0 Å². The molecular weight excluding hydrogens is 216 g/mol. The lowest BCUT2D eigenvalue weighted by atomic mass is 9.84. The third-order valence-electron chi connectivity index (χ3n) is 4.04. The molecule has 0 saturated carbocycles. The van der Waals surface area contributed by atoms with E-state index in [1.165, 1.54) is 24.5 Å². The van der Waals surface area contributed by atoms with E-state index < -0.39 is 0 Å². The molecule has 0 aromatic heterocycles. The van der Waals surface area contributed by atoms with E-state index in [4.69, 9.17) is 0 Å². The second kappa shape index (κ2) is 4.87. The number of hydrogen-bond donors (Lipinski definition) is 1. The van der Waals surface area contributed by atoms with Crippen molar-refractivity contribution < 1.29 is 0 Å². The Bertz CT molecular complexity index is 231. The maximum absolute atomic E-state index is 3.71. The molecule has 2 rings (SSSR count). The van der Waals surface area contributed by atoms with Gasteiger partial charge in [0.25, 0.3) is 0 Å². The lowest BCUT2D eigenvalue weighted by molar-refractivity contribution is 0.0656. The minimum atomic E-state index is 0.379. The smallest absolute Gasteiger partial charge is 0.0244 e. The van der Waals surface area contributed by atoms with Crippen molar-refractivity contribution in [3.05, 3.63) is 0 Å². The van der Waals surface area contributed by atoms with Gasteiger partial charge in [0.05, 0.1) is 0 Å². The van der Waals surface area contributed by atoms with Gasteiger partial charge in [0.1, 0.15) is 0 Å². The van der Waals surface area contributed by atoms with Gasteiger partial charge >= 0.3 is 0 Å². The molecule has 2 nitrogen and oxygen atoms in total. The van der Waals surface area contributed by atoms with E-state index in [0.717, 1.165) is 12.6 Å². The summed E-state index contributed by atoms with van der Waals surface area (Å²) in [5.41, 5.74) is 0.379. The first-order valence-electron chi connectivity index (χ1n) is 6.55. The highest BCUT2D eigenvalue weighted by atomic mass is 32.2. The van der Waals surface area contributed by atoms with Gasteiger partial charge < -0.3 is 5.32 Å². The first-order chi connectivity index (χ1) is 7.48. The Morgan fingerprint density at radius 2 is 2.06 bits per heavy atom. The van der Waals surface area contributed by atoms with Crippen molar-refractivity contribution in [2.45, 2.75) is 52.2 Å². The summed E-state index contributed by atoms with van der Waals surface area (Å²) in [4.78, 5) is 2.76. The maximum atomic E-state index is 3.71. The summed E-state index contributed by atoms with van der Waals surface area (Å²) < 4.78 is 0. The zero-order valence-electron chi connectivity index (χ0n) is 11.1. The molecule has 0 bridgehead atoms. The molecule has 3 heteroatoms. The van der Waals surface area contributed by atoms with Gasteiger partial charge in [-0.05, 0) is 24.5 Å². The summed E-state index contributed by atoms with van der Waals surface area (Å²) in [6.07, 6.45) is 1.39. The summed E-state index contributed by atoms with van der Waals surface area (Å²) in [6, 6.07) is 2.20. The Kier molecular flexibility index (Phi) is 3.87. The second-order valence-electron chi connectivity index (χ2n) is 6.39. The Hall–Kier alpha value is 0.270. The Balaban J connectivity index is 2.00. The van der Waals surface area contributed by atoms with Crippen molar-refractivity contribution in [3.8, 4) is 0 Å². The van der Waals surface area contributed by atoms with Gasteiger partial charge in [-0.3, -0.25) is 4.90 Å². The zero-order chi connectivity index (χ0) is 11.8. The van der Waals surface area contributed by atoms with E-state index in [-0.39, 0.29) is 0 Å². The van der Waals surface area contributed by atoms with Crippen LogP contribution in [0.2, 0.25) is 0 Å². The number of piperazine rings is 1. The highest BCUT2D eigenvalue weighted by molar-refractivity contribution is 7.99. The van der Waals surface area contributed by atoms with Crippen LogP contribution in [0.5, 0.6) is 0 Å². The lowest BCUT2D eigenvalue weighted by Gasteiger charge is -2.46. The van der Waals surface area contributed by atoms with Crippen LogP contribution in [0.3, 0.4) is 0 Å². The first-order valence-corrected chi connectivity index (χ1v) is 7.71. The monoisotopic (exact) mass is 242 g/mol. The molecule has 94 valence electrons. The van der Waals surface area contributed by atoms with Gasteiger partial charge in [-0.1, -0.05) is 20.8 Å². The molecular formula is C13H26N2S. The molecule has 0 spiro atoms. The molecule has 0 aliphatic carbocycles. The van der Waals surface area contributed by atoms with Crippen molar-refractivity contribution in [3.63, 3.8) is 0 Å². The van der Waals surface area contributed by atoms with Gasteiger partial charge in [-0.25, -0.2) is 0 Å². The number of hydrogen-bond acceptors (Lipinski definition) is 3. The van der Waals surface area contributed by atoms with E-state index in [0.29, 0.717) is 17.5 Å². The fourth-order valence-electron chi connectivity index (χ4n) is 2.76. The summed E-state index contributed by atoms with van der Waals surface area (Å²) in [6.45, 7) is 11.8. The van der Waals surface area contributed by atoms with Crippen LogP contribution >= 0.6 is 11.8 Å². The average Bonchev–Trinajstić information content (AvgIpc) is 2.69. The highest BCUT2D eigenvalue weighted by Gasteiger charge is 2.36. The standard InChI is InChI=1S/C13H26N2S/c1-10-7-14-12(13(2,3)4)8-15(10)11-5-6-16-9-11/h10-12,14H,5-9H2,1-4H3. The van der Waals surface area contributed by atoms with E-state index >= 15 is 0 Å². The minimum absolute atomic E-state index is 0.379. The van der Waals surface area contributed by atoms with Crippen molar-refractivity contribution in [1.82, 2.24) is 10.2 Å². The SMILES string of the molecule is CC1CNC(C(C)(C)C)CN1C1CCSC1. The molecule has 3 atom stereocenters. The molecule has 16 heavy (non-hydrogen) atoms. The molecule has 2 fully saturated rings. The number of nitrogens with zero attached hydrogens (tertiary/aromatic N) is 1. The predicted molar refractivity (Wildman–Crippen MR) is 73.1 cm³/mol. The lowest BCUT2D eigenvalue weighted by Crippen LogP contribution is -2.61. The van der Waals surface area contributed by atoms with Crippen LogP contribution in [0.4, 0.5) is 0 Å². The Morgan fingerprint density at radius 1 is 1.31 bits per heavy atom. The molecule has 2 heterocycles. The summed E-state index contributed by atoms with van der Waals surface area (Å²) >= 11 is 2.12. The summed E-state index contributed by atoms with van der Waals surface area (Å²) in [7, 11) is 0. The third kappa shape index (κ3) is 2.74. The summed E-state index contributed by atoms with van der Waals surface area (Å²) in [5, 5.41) is 3.71. The fraction of sp³-hybridized carbons (Fsp3) is 1.00. The van der Waals surface area contributed by atoms with E-state index in [1.807, 2.05) is 0 Å². The van der Waals surface area contributed by atoms with Crippen molar-refractivity contribution >= 4 is 11.8 Å². The van der Waals surface area contributed by atoms with Crippen molar-refractivity contribution in [2.75, 3.05) is 24.6 Å². The van der Waals surface area contributed by atoms with Gasteiger partial charge in [-0.15, -0.1) is 0 Å².